The lowest BCUT2D eigenvalue weighted by Gasteiger charge is -2.05. The lowest BCUT2D eigenvalue weighted by molar-refractivity contribution is -0.123. The van der Waals surface area contributed by atoms with Crippen molar-refractivity contribution in [3.05, 3.63) is 55.2 Å². The van der Waals surface area contributed by atoms with Gasteiger partial charge >= 0.3 is 0 Å². The summed E-state index contributed by atoms with van der Waals surface area (Å²) in [6.07, 6.45) is 0. The van der Waals surface area contributed by atoms with Crippen LogP contribution in [-0.2, 0) is 9.59 Å². The van der Waals surface area contributed by atoms with Crippen LogP contribution in [-0.4, -0.2) is 24.1 Å². The molecule has 1 aliphatic rings. The van der Waals surface area contributed by atoms with Gasteiger partial charge in [-0.3, -0.25) is 9.59 Å². The van der Waals surface area contributed by atoms with Gasteiger partial charge in [0.15, 0.2) is 12.3 Å². The lowest BCUT2D eigenvalue weighted by atomic mass is 10.1. The first-order valence-electron chi connectivity index (χ1n) is 6.89. The van der Waals surface area contributed by atoms with E-state index in [9.17, 15) is 9.59 Å². The number of carbonyl (C=O) groups is 2. The predicted molar refractivity (Wildman–Crippen MR) is 107 cm³/mol. The van der Waals surface area contributed by atoms with Gasteiger partial charge in [0.25, 0.3) is 11.8 Å². The fraction of sp³-hybridized carbons (Fsp3) is 0.0625. The Morgan fingerprint density at radius 3 is 2.58 bits per heavy atom. The van der Waals surface area contributed by atoms with Crippen LogP contribution in [0, 0.1) is 7.14 Å². The summed E-state index contributed by atoms with van der Waals surface area (Å²) in [6, 6.07) is 12.9. The number of amides is 2. The molecule has 2 N–H and O–H groups in total. The summed E-state index contributed by atoms with van der Waals surface area (Å²) in [5.41, 5.74) is 3.90. The molecule has 8 heteroatoms. The van der Waals surface area contributed by atoms with Crippen LogP contribution >= 0.6 is 45.2 Å². The molecule has 0 spiro atoms. The Bertz CT molecular complexity index is 835. The molecular weight excluding hydrogens is 536 g/mol. The number of nitrogens with one attached hydrogen (secondary N) is 2. The van der Waals surface area contributed by atoms with Crippen molar-refractivity contribution >= 4 is 68.4 Å². The minimum atomic E-state index is -0.437. The SMILES string of the molecule is O=C(COc1ccc(I)cc1)N/N=C1/C(=O)Nc2ccc(I)cc21. The number of hydrogen-bond acceptors (Lipinski definition) is 4. The van der Waals surface area contributed by atoms with Crippen LogP contribution in [0.25, 0.3) is 0 Å². The number of rotatable bonds is 4. The average Bonchev–Trinajstić information content (AvgIpc) is 2.87. The Labute approximate surface area is 165 Å². The summed E-state index contributed by atoms with van der Waals surface area (Å²) in [7, 11) is 0. The molecule has 0 saturated carbocycles. The van der Waals surface area contributed by atoms with Crippen molar-refractivity contribution in [2.24, 2.45) is 5.10 Å². The van der Waals surface area contributed by atoms with Gasteiger partial charge in [0, 0.05) is 12.7 Å². The Morgan fingerprint density at radius 2 is 1.83 bits per heavy atom. The van der Waals surface area contributed by atoms with Gasteiger partial charge in [0.2, 0.25) is 0 Å². The molecule has 2 amide bonds. The third-order valence-corrected chi connectivity index (χ3v) is 4.57. The molecule has 0 saturated heterocycles. The van der Waals surface area contributed by atoms with Crippen molar-refractivity contribution in [2.45, 2.75) is 0 Å². The first kappa shape index (κ1) is 17.1. The normalized spacial score (nSPS) is 14.2. The van der Waals surface area contributed by atoms with Crippen molar-refractivity contribution in [1.82, 2.24) is 5.43 Å². The van der Waals surface area contributed by atoms with E-state index >= 15 is 0 Å². The summed E-state index contributed by atoms with van der Waals surface area (Å²) in [6.45, 7) is -0.182. The maximum Gasteiger partial charge on any atom is 0.277 e. The number of nitrogens with zero attached hydrogens (tertiary/aromatic N) is 1. The van der Waals surface area contributed by atoms with Crippen molar-refractivity contribution in [2.75, 3.05) is 11.9 Å². The minimum Gasteiger partial charge on any atom is -0.484 e. The molecule has 3 rings (SSSR count). The molecule has 0 unspecified atom stereocenters. The molecular formula is C16H11I2N3O3. The molecule has 2 aromatic carbocycles. The highest BCUT2D eigenvalue weighted by molar-refractivity contribution is 14.1. The number of ether oxygens (including phenoxy) is 1. The molecule has 2 aromatic rings. The molecule has 24 heavy (non-hydrogen) atoms. The van der Waals surface area contributed by atoms with Gasteiger partial charge in [-0.25, -0.2) is 5.43 Å². The molecule has 0 bridgehead atoms. The van der Waals surface area contributed by atoms with E-state index in [1.165, 1.54) is 0 Å². The fourth-order valence-corrected chi connectivity index (χ4v) is 2.92. The first-order valence-corrected chi connectivity index (χ1v) is 9.05. The number of anilines is 1. The summed E-state index contributed by atoms with van der Waals surface area (Å²) in [5, 5.41) is 6.64. The van der Waals surface area contributed by atoms with E-state index in [0.717, 1.165) is 7.14 Å². The topological polar surface area (TPSA) is 79.8 Å². The molecule has 1 heterocycles. The van der Waals surface area contributed by atoms with E-state index in [1.807, 2.05) is 24.3 Å². The largest absolute Gasteiger partial charge is 0.484 e. The molecule has 0 atom stereocenters. The second-order valence-electron chi connectivity index (χ2n) is 4.88. The van der Waals surface area contributed by atoms with E-state index in [-0.39, 0.29) is 18.2 Å². The van der Waals surface area contributed by atoms with E-state index in [0.29, 0.717) is 17.0 Å². The zero-order valence-corrected chi connectivity index (χ0v) is 16.5. The second kappa shape index (κ2) is 7.47. The first-order chi connectivity index (χ1) is 11.5. The highest BCUT2D eigenvalue weighted by atomic mass is 127. The van der Waals surface area contributed by atoms with E-state index in [4.69, 9.17) is 4.74 Å². The third-order valence-electron chi connectivity index (χ3n) is 3.18. The number of carbonyl (C=O) groups excluding carboxylic acids is 2. The Hall–Kier alpha value is -1.69. The average molecular weight is 547 g/mol. The maximum absolute atomic E-state index is 11.9. The molecule has 0 aliphatic carbocycles. The fourth-order valence-electron chi connectivity index (χ4n) is 2.07. The number of hydrazone groups is 1. The molecule has 1 aliphatic heterocycles. The monoisotopic (exact) mass is 547 g/mol. The van der Waals surface area contributed by atoms with Gasteiger partial charge in [0.1, 0.15) is 5.75 Å². The van der Waals surface area contributed by atoms with Crippen LogP contribution in [0.2, 0.25) is 0 Å². The quantitative estimate of drug-likeness (QED) is 0.457. The van der Waals surface area contributed by atoms with Crippen LogP contribution in [0.15, 0.2) is 47.6 Å². The van der Waals surface area contributed by atoms with E-state index < -0.39 is 5.91 Å². The minimum absolute atomic E-state index is 0.182. The molecule has 0 radical (unpaired) electrons. The van der Waals surface area contributed by atoms with Crippen LogP contribution in [0.5, 0.6) is 5.75 Å². The smallest absolute Gasteiger partial charge is 0.277 e. The third kappa shape index (κ3) is 4.04. The second-order valence-corrected chi connectivity index (χ2v) is 7.37. The van der Waals surface area contributed by atoms with Gasteiger partial charge in [0.05, 0.1) is 5.69 Å². The van der Waals surface area contributed by atoms with Gasteiger partial charge in [-0.15, -0.1) is 0 Å². The predicted octanol–water partition coefficient (Wildman–Crippen LogP) is 2.75. The molecule has 0 aromatic heterocycles. The number of hydrogen-bond donors (Lipinski definition) is 2. The highest BCUT2D eigenvalue weighted by Crippen LogP contribution is 2.25. The Kier molecular flexibility index (Phi) is 5.33. The summed E-state index contributed by atoms with van der Waals surface area (Å²) in [5.74, 6) is -0.185. The standard InChI is InChI=1S/C16H11I2N3O3/c17-9-1-4-11(5-2-9)24-8-14(22)20-21-15-12-7-10(18)3-6-13(12)19-16(15)23/h1-7H,8H2,(H,20,22)(H,19,21,23). The van der Waals surface area contributed by atoms with Crippen LogP contribution in [0.1, 0.15) is 5.56 Å². The zero-order valence-electron chi connectivity index (χ0n) is 12.2. The van der Waals surface area contributed by atoms with E-state index in [1.54, 1.807) is 18.2 Å². The van der Waals surface area contributed by atoms with Crippen LogP contribution in [0.3, 0.4) is 0 Å². The number of fused-ring (bicyclic) bond motifs is 1. The maximum atomic E-state index is 11.9. The van der Waals surface area contributed by atoms with Crippen LogP contribution < -0.4 is 15.5 Å². The van der Waals surface area contributed by atoms with Crippen molar-refractivity contribution in [3.63, 3.8) is 0 Å². The van der Waals surface area contributed by atoms with Crippen molar-refractivity contribution in [3.8, 4) is 5.75 Å². The molecule has 6 nitrogen and oxygen atoms in total. The highest BCUT2D eigenvalue weighted by Gasteiger charge is 2.26. The Balaban J connectivity index is 1.63. The lowest BCUT2D eigenvalue weighted by Crippen LogP contribution is -2.27. The number of benzene rings is 2. The summed E-state index contributed by atoms with van der Waals surface area (Å²) >= 11 is 4.34. The van der Waals surface area contributed by atoms with Gasteiger partial charge in [-0.2, -0.15) is 5.10 Å². The summed E-state index contributed by atoms with van der Waals surface area (Å²) in [4.78, 5) is 23.8. The van der Waals surface area contributed by atoms with E-state index in [2.05, 4.69) is 61.0 Å². The van der Waals surface area contributed by atoms with Gasteiger partial charge < -0.3 is 10.1 Å². The van der Waals surface area contributed by atoms with Gasteiger partial charge in [-0.1, -0.05) is 0 Å². The van der Waals surface area contributed by atoms with Gasteiger partial charge in [-0.05, 0) is 87.6 Å². The van der Waals surface area contributed by atoms with Crippen molar-refractivity contribution < 1.29 is 14.3 Å². The summed E-state index contributed by atoms with van der Waals surface area (Å²) < 4.78 is 7.42. The zero-order chi connectivity index (χ0) is 17.1. The van der Waals surface area contributed by atoms with Crippen LogP contribution in [0.4, 0.5) is 5.69 Å². The number of halogens is 2. The van der Waals surface area contributed by atoms with Crippen molar-refractivity contribution in [1.29, 1.82) is 0 Å². The molecule has 0 fully saturated rings. The molecule has 122 valence electrons. The Morgan fingerprint density at radius 1 is 1.12 bits per heavy atom.